The fourth-order valence-corrected chi connectivity index (χ4v) is 2.97. The van der Waals surface area contributed by atoms with Gasteiger partial charge in [0, 0.05) is 30.1 Å². The molecule has 0 fully saturated rings. The van der Waals surface area contributed by atoms with Gasteiger partial charge in [0.15, 0.2) is 0 Å². The first-order valence-electron chi connectivity index (χ1n) is 11.1. The highest BCUT2D eigenvalue weighted by atomic mass is 16.5. The maximum Gasteiger partial charge on any atom is 0.255 e. The average molecular weight is 451 g/mol. The van der Waals surface area contributed by atoms with Crippen molar-refractivity contribution in [2.75, 3.05) is 24.7 Å². The Morgan fingerprint density at radius 1 is 1.03 bits per heavy atom. The smallest absolute Gasteiger partial charge is 0.255 e. The molecule has 0 unspecified atom stereocenters. The van der Waals surface area contributed by atoms with Crippen molar-refractivity contribution in [3.8, 4) is 5.75 Å². The van der Waals surface area contributed by atoms with Crippen LogP contribution in [0.5, 0.6) is 5.75 Å². The number of nitrogens with two attached hydrogens (primary N) is 1. The Morgan fingerprint density at radius 3 is 2.33 bits per heavy atom. The van der Waals surface area contributed by atoms with Gasteiger partial charge in [-0.2, -0.15) is 0 Å². The van der Waals surface area contributed by atoms with E-state index < -0.39 is 0 Å². The third-order valence-corrected chi connectivity index (χ3v) is 4.88. The van der Waals surface area contributed by atoms with Gasteiger partial charge in [0.2, 0.25) is 0 Å². The summed E-state index contributed by atoms with van der Waals surface area (Å²) in [5.41, 5.74) is 8.94. The van der Waals surface area contributed by atoms with Crippen LogP contribution in [0.15, 0.2) is 66.9 Å². The van der Waals surface area contributed by atoms with Crippen molar-refractivity contribution in [1.82, 2.24) is 10.3 Å². The Balaban J connectivity index is 0.000000321. The summed E-state index contributed by atoms with van der Waals surface area (Å²) in [5.74, 6) is 1.04. The number of nitrogens with zero attached hydrogens (tertiary/aromatic N) is 1. The molecule has 0 saturated heterocycles. The number of aliphatic hydroxyl groups is 1. The highest BCUT2D eigenvalue weighted by molar-refractivity contribution is 6.04. The molecule has 7 nitrogen and oxygen atoms in total. The third kappa shape index (κ3) is 9.72. The molecule has 176 valence electrons. The van der Waals surface area contributed by atoms with Crippen molar-refractivity contribution in [2.45, 2.75) is 39.3 Å². The summed E-state index contributed by atoms with van der Waals surface area (Å²) in [6.45, 7) is 4.14. The molecular formula is C26H34N4O3. The number of hydrogen-bond acceptors (Lipinski definition) is 6. The Morgan fingerprint density at radius 2 is 1.73 bits per heavy atom. The number of nitrogens with one attached hydrogen (secondary N) is 2. The van der Waals surface area contributed by atoms with Crippen molar-refractivity contribution >= 4 is 17.4 Å². The lowest BCUT2D eigenvalue weighted by molar-refractivity contribution is 0.102. The van der Waals surface area contributed by atoms with Crippen molar-refractivity contribution < 1.29 is 14.6 Å². The topological polar surface area (TPSA) is 110 Å². The molecule has 1 heterocycles. The Kier molecular flexibility index (Phi) is 11.4. The molecular weight excluding hydrogens is 416 g/mol. The van der Waals surface area contributed by atoms with E-state index in [0.717, 1.165) is 24.4 Å². The van der Waals surface area contributed by atoms with Crippen molar-refractivity contribution in [2.24, 2.45) is 0 Å². The third-order valence-electron chi connectivity index (χ3n) is 4.88. The number of rotatable bonds is 10. The maximum absolute atomic E-state index is 12.2. The van der Waals surface area contributed by atoms with Crippen LogP contribution in [-0.2, 0) is 13.2 Å². The largest absolute Gasteiger partial charge is 0.497 e. The second kappa shape index (κ2) is 14.6. The molecule has 0 saturated carbocycles. The fourth-order valence-electron chi connectivity index (χ4n) is 2.97. The number of methoxy groups -OCH3 is 1. The van der Waals surface area contributed by atoms with E-state index in [2.05, 4.69) is 22.5 Å². The molecule has 0 atom stereocenters. The Labute approximate surface area is 196 Å². The van der Waals surface area contributed by atoms with Crippen LogP contribution in [0.25, 0.3) is 0 Å². The summed E-state index contributed by atoms with van der Waals surface area (Å²) < 4.78 is 4.93. The number of pyridine rings is 1. The molecule has 7 heteroatoms. The van der Waals surface area contributed by atoms with Gasteiger partial charge in [-0.25, -0.2) is 4.98 Å². The summed E-state index contributed by atoms with van der Waals surface area (Å²) in [5, 5.41) is 14.9. The van der Waals surface area contributed by atoms with E-state index in [0.29, 0.717) is 17.1 Å². The van der Waals surface area contributed by atoms with Gasteiger partial charge in [-0.15, -0.1) is 0 Å². The number of carbonyl (C=O) groups excluding carboxylic acids is 1. The SMILES string of the molecule is CCCCCNCc1ccc(C(=O)Nc2ccnc(N)c2)cc1.COc1ccc(CO)cc1. The van der Waals surface area contributed by atoms with Crippen LogP contribution in [-0.4, -0.2) is 29.7 Å². The highest BCUT2D eigenvalue weighted by Gasteiger charge is 2.06. The van der Waals surface area contributed by atoms with E-state index in [1.54, 1.807) is 25.4 Å². The van der Waals surface area contributed by atoms with Crippen LogP contribution in [0, 0.1) is 0 Å². The predicted octanol–water partition coefficient (Wildman–Crippen LogP) is 4.38. The van der Waals surface area contributed by atoms with Gasteiger partial charge in [-0.3, -0.25) is 4.79 Å². The number of aliphatic hydroxyl groups excluding tert-OH is 1. The van der Waals surface area contributed by atoms with E-state index in [4.69, 9.17) is 15.6 Å². The standard InChI is InChI=1S/C18H24N4O.C8H10O2/c1-2-3-4-10-20-13-14-5-7-15(8-6-14)18(23)22-16-9-11-21-17(19)12-16;1-10-8-4-2-7(6-9)3-5-8/h5-9,11-12,20H,2-4,10,13H2,1H3,(H3,19,21,22,23);2-5,9H,6H2,1H3. The predicted molar refractivity (Wildman–Crippen MR) is 133 cm³/mol. The van der Waals surface area contributed by atoms with E-state index in [1.807, 2.05) is 48.5 Å². The minimum Gasteiger partial charge on any atom is -0.497 e. The fraction of sp³-hybridized carbons (Fsp3) is 0.308. The number of anilines is 2. The molecule has 3 rings (SSSR count). The summed E-state index contributed by atoms with van der Waals surface area (Å²) in [6.07, 6.45) is 5.25. The number of hydrogen-bond donors (Lipinski definition) is 4. The molecule has 2 aromatic carbocycles. The van der Waals surface area contributed by atoms with Crippen LogP contribution in [0.3, 0.4) is 0 Å². The van der Waals surface area contributed by atoms with E-state index in [9.17, 15) is 4.79 Å². The molecule has 33 heavy (non-hydrogen) atoms. The van der Waals surface area contributed by atoms with Crippen molar-refractivity contribution in [3.05, 3.63) is 83.6 Å². The molecule has 3 aromatic rings. The molecule has 0 spiro atoms. The molecule has 0 radical (unpaired) electrons. The minimum absolute atomic E-state index is 0.0873. The van der Waals surface area contributed by atoms with Gasteiger partial charge < -0.3 is 26.2 Å². The first-order chi connectivity index (χ1) is 16.0. The quantitative estimate of drug-likeness (QED) is 0.341. The van der Waals surface area contributed by atoms with Crippen LogP contribution in [0.2, 0.25) is 0 Å². The van der Waals surface area contributed by atoms with Crippen LogP contribution in [0.4, 0.5) is 11.5 Å². The number of nitrogen functional groups attached to an aromatic ring is 1. The van der Waals surface area contributed by atoms with Crippen molar-refractivity contribution in [3.63, 3.8) is 0 Å². The number of amides is 1. The number of aromatic nitrogens is 1. The van der Waals surface area contributed by atoms with Gasteiger partial charge in [0.1, 0.15) is 11.6 Å². The molecule has 5 N–H and O–H groups in total. The first-order valence-corrected chi connectivity index (χ1v) is 11.1. The summed E-state index contributed by atoms with van der Waals surface area (Å²) in [4.78, 5) is 16.1. The first kappa shape index (κ1) is 25.8. The molecule has 1 aromatic heterocycles. The minimum atomic E-state index is -0.155. The van der Waals surface area contributed by atoms with Gasteiger partial charge in [-0.1, -0.05) is 44.0 Å². The van der Waals surface area contributed by atoms with E-state index in [-0.39, 0.29) is 12.5 Å². The van der Waals surface area contributed by atoms with Crippen LogP contribution >= 0.6 is 0 Å². The zero-order valence-electron chi connectivity index (χ0n) is 19.4. The van der Waals surface area contributed by atoms with Gasteiger partial charge in [0.05, 0.1) is 13.7 Å². The van der Waals surface area contributed by atoms with Gasteiger partial charge in [-0.05, 0) is 54.4 Å². The summed E-state index contributed by atoms with van der Waals surface area (Å²) in [6, 6.07) is 18.3. The summed E-state index contributed by atoms with van der Waals surface area (Å²) in [7, 11) is 1.62. The number of unbranched alkanes of at least 4 members (excludes halogenated alkanes) is 2. The molecule has 0 aliphatic carbocycles. The molecule has 1 amide bonds. The zero-order chi connectivity index (χ0) is 23.9. The van der Waals surface area contributed by atoms with Crippen molar-refractivity contribution in [1.29, 1.82) is 0 Å². The number of ether oxygens (including phenoxy) is 1. The number of carbonyl (C=O) groups is 1. The maximum atomic E-state index is 12.2. The van der Waals surface area contributed by atoms with E-state index in [1.165, 1.54) is 24.8 Å². The molecule has 0 bridgehead atoms. The summed E-state index contributed by atoms with van der Waals surface area (Å²) >= 11 is 0. The van der Waals surface area contributed by atoms with Gasteiger partial charge in [0.25, 0.3) is 5.91 Å². The second-order valence-electron chi connectivity index (χ2n) is 7.51. The van der Waals surface area contributed by atoms with Crippen LogP contribution < -0.4 is 21.1 Å². The normalized spacial score (nSPS) is 10.2. The van der Waals surface area contributed by atoms with Crippen LogP contribution in [0.1, 0.15) is 47.7 Å². The van der Waals surface area contributed by atoms with E-state index >= 15 is 0 Å². The highest BCUT2D eigenvalue weighted by Crippen LogP contribution is 2.12. The lowest BCUT2D eigenvalue weighted by Gasteiger charge is -2.07. The molecule has 0 aliphatic heterocycles. The zero-order valence-corrected chi connectivity index (χ0v) is 19.4. The average Bonchev–Trinajstić information content (AvgIpc) is 2.85. The monoisotopic (exact) mass is 450 g/mol. The lowest BCUT2D eigenvalue weighted by atomic mass is 10.1. The Hall–Kier alpha value is -3.42. The van der Waals surface area contributed by atoms with Gasteiger partial charge >= 0.3 is 0 Å². The molecule has 0 aliphatic rings. The Bertz CT molecular complexity index is 937. The lowest BCUT2D eigenvalue weighted by Crippen LogP contribution is -2.15. The second-order valence-corrected chi connectivity index (χ2v) is 7.51. The number of benzene rings is 2.